The van der Waals surface area contributed by atoms with Gasteiger partial charge in [0.15, 0.2) is 0 Å². The average molecular weight is 730 g/mol. The molecule has 52 heavy (non-hydrogen) atoms. The van der Waals surface area contributed by atoms with E-state index in [1.807, 2.05) is 11.0 Å². The van der Waals surface area contributed by atoms with E-state index in [4.69, 9.17) is 9.47 Å². The number of rotatable bonds is 19. The van der Waals surface area contributed by atoms with Gasteiger partial charge < -0.3 is 29.9 Å². The maximum atomic E-state index is 13.8. The lowest BCUT2D eigenvalue weighted by Crippen LogP contribution is -2.58. The largest absolute Gasteiger partial charge is 0.465 e. The minimum Gasteiger partial charge on any atom is -0.465 e. The number of halogens is 1. The highest BCUT2D eigenvalue weighted by molar-refractivity contribution is 5.80. The van der Waals surface area contributed by atoms with E-state index >= 15 is 0 Å². The minimum atomic E-state index is -1.14. The number of nitrogens with one attached hydrogen (secondary N) is 2. The predicted octanol–water partition coefficient (Wildman–Crippen LogP) is 5.50. The van der Waals surface area contributed by atoms with Crippen LogP contribution in [-0.2, 0) is 28.7 Å². The van der Waals surface area contributed by atoms with Crippen molar-refractivity contribution in [2.24, 2.45) is 11.3 Å². The highest BCUT2D eigenvalue weighted by Crippen LogP contribution is 2.53. The molecule has 0 radical (unpaired) electrons. The van der Waals surface area contributed by atoms with E-state index in [9.17, 15) is 28.8 Å². The zero-order valence-electron chi connectivity index (χ0n) is 31.7. The number of carbonyl (C=O) groups excluding carboxylic acids is 4. The van der Waals surface area contributed by atoms with Crippen LogP contribution < -0.4 is 10.6 Å². The molecule has 292 valence electrons. The van der Waals surface area contributed by atoms with Crippen LogP contribution in [0, 0.1) is 22.7 Å². The van der Waals surface area contributed by atoms with Crippen molar-refractivity contribution in [1.29, 1.82) is 5.26 Å². The predicted molar refractivity (Wildman–Crippen MR) is 195 cm³/mol. The molecule has 0 aromatic rings. The van der Waals surface area contributed by atoms with Gasteiger partial charge in [0.2, 0.25) is 11.8 Å². The lowest BCUT2D eigenvalue weighted by Gasteiger charge is -2.52. The Morgan fingerprint density at radius 2 is 1.40 bits per heavy atom. The minimum absolute atomic E-state index is 0.0109. The molecule has 0 aromatic heterocycles. The van der Waals surface area contributed by atoms with Crippen molar-refractivity contribution in [3.05, 3.63) is 0 Å². The molecule has 4 aliphatic carbocycles. The highest BCUT2D eigenvalue weighted by atomic mass is 19.1. The number of alkyl halides is 1. The SMILES string of the molecule is CCCC1(NCC(=O)N2CCCC2)CCC(C(=O)OCCCCCCCCOC(=O)C23CCC(NCC(=O)N4CC(F)CC4C#N)(CC2)CC3)CC1. The van der Waals surface area contributed by atoms with Crippen molar-refractivity contribution < 1.29 is 33.0 Å². The van der Waals surface area contributed by atoms with Gasteiger partial charge in [0.05, 0.1) is 50.3 Å². The Labute approximate surface area is 310 Å². The summed E-state index contributed by atoms with van der Waals surface area (Å²) in [5, 5.41) is 16.3. The number of fused-ring (bicyclic) bond motifs is 3. The molecule has 0 spiro atoms. The van der Waals surface area contributed by atoms with E-state index in [0.717, 1.165) is 142 Å². The third-order valence-electron chi connectivity index (χ3n) is 13.1. The van der Waals surface area contributed by atoms with Gasteiger partial charge in [-0.15, -0.1) is 0 Å². The summed E-state index contributed by atoms with van der Waals surface area (Å²) in [6.07, 6.45) is 17.1. The number of esters is 2. The number of hydrogen-bond donors (Lipinski definition) is 2. The Balaban J connectivity index is 0.868. The molecule has 2 N–H and O–H groups in total. The summed E-state index contributed by atoms with van der Waals surface area (Å²) in [5.74, 6) is -0.233. The molecule has 2 saturated heterocycles. The number of hydrogen-bond acceptors (Lipinski definition) is 9. The highest BCUT2D eigenvalue weighted by Gasteiger charge is 2.53. The van der Waals surface area contributed by atoms with Gasteiger partial charge in [-0.3, -0.25) is 19.2 Å². The molecule has 6 aliphatic rings. The number of carbonyl (C=O) groups is 4. The summed E-state index contributed by atoms with van der Waals surface area (Å²) in [6.45, 7) is 5.31. The standard InChI is InChI=1S/C40H64FN5O6/c1-2-13-39(43-28-34(47)45-22-7-8-23-45)14-11-31(12-15-39)36(49)51-24-9-5-3-4-6-10-25-52-37(50)38-16-19-40(20-17-38,21-18-38)44-29-35(48)46-30-32(41)26-33(46)27-42/h31-33,43-44H,2-26,28-30H2,1H3. The van der Waals surface area contributed by atoms with Crippen LogP contribution in [0.3, 0.4) is 0 Å². The quantitative estimate of drug-likeness (QED) is 0.130. The Bertz CT molecular complexity index is 1230. The first-order valence-electron chi connectivity index (χ1n) is 20.6. The van der Waals surface area contributed by atoms with Gasteiger partial charge in [-0.1, -0.05) is 39.0 Å². The molecule has 0 aromatic carbocycles. The molecule has 2 aliphatic heterocycles. The van der Waals surface area contributed by atoms with Crippen molar-refractivity contribution in [1.82, 2.24) is 20.4 Å². The lowest BCUT2D eigenvalue weighted by molar-refractivity contribution is -0.164. The summed E-state index contributed by atoms with van der Waals surface area (Å²) < 4.78 is 25.2. The van der Waals surface area contributed by atoms with Crippen LogP contribution in [0.4, 0.5) is 4.39 Å². The first-order valence-corrected chi connectivity index (χ1v) is 20.6. The summed E-state index contributed by atoms with van der Waals surface area (Å²) in [7, 11) is 0. The summed E-state index contributed by atoms with van der Waals surface area (Å²) in [5.41, 5.74) is -0.659. The fourth-order valence-corrected chi connectivity index (χ4v) is 9.57. The number of likely N-dealkylation sites (tertiary alicyclic amines) is 2. The fraction of sp³-hybridized carbons (Fsp3) is 0.875. The van der Waals surface area contributed by atoms with Crippen molar-refractivity contribution >= 4 is 23.8 Å². The van der Waals surface area contributed by atoms with Gasteiger partial charge in [-0.25, -0.2) is 4.39 Å². The Hall–Kier alpha value is -2.78. The van der Waals surface area contributed by atoms with E-state index in [1.54, 1.807) is 0 Å². The van der Waals surface area contributed by atoms with Gasteiger partial charge >= 0.3 is 11.9 Å². The molecular formula is C40H64FN5O6. The van der Waals surface area contributed by atoms with E-state index in [0.29, 0.717) is 19.8 Å². The van der Waals surface area contributed by atoms with Gasteiger partial charge in [0.25, 0.3) is 0 Å². The molecule has 2 unspecified atom stereocenters. The summed E-state index contributed by atoms with van der Waals surface area (Å²) in [6, 6.07) is 1.35. The number of nitriles is 1. The molecule has 11 nitrogen and oxygen atoms in total. The van der Waals surface area contributed by atoms with Crippen molar-refractivity contribution in [2.45, 2.75) is 165 Å². The first kappa shape index (κ1) is 40.4. The molecule has 6 fully saturated rings. The first-order chi connectivity index (χ1) is 25.1. The van der Waals surface area contributed by atoms with Crippen LogP contribution in [0.15, 0.2) is 0 Å². The Kier molecular flexibility index (Phi) is 14.8. The van der Waals surface area contributed by atoms with Gasteiger partial charge in [0, 0.05) is 30.6 Å². The molecule has 2 amide bonds. The molecule has 4 saturated carbocycles. The second-order valence-corrected chi connectivity index (χ2v) is 16.6. The third kappa shape index (κ3) is 10.5. The lowest BCUT2D eigenvalue weighted by atomic mass is 9.57. The van der Waals surface area contributed by atoms with E-state index < -0.39 is 17.6 Å². The van der Waals surface area contributed by atoms with Crippen molar-refractivity contribution in [3.8, 4) is 6.07 Å². The Morgan fingerprint density at radius 3 is 2.02 bits per heavy atom. The number of nitrogens with zero attached hydrogens (tertiary/aromatic N) is 3. The molecular weight excluding hydrogens is 665 g/mol. The summed E-state index contributed by atoms with van der Waals surface area (Å²) >= 11 is 0. The van der Waals surface area contributed by atoms with Crippen LogP contribution in [-0.4, -0.2) is 103 Å². The second kappa shape index (κ2) is 19.0. The second-order valence-electron chi connectivity index (χ2n) is 16.6. The molecule has 2 atom stereocenters. The van der Waals surface area contributed by atoms with E-state index in [2.05, 4.69) is 17.6 Å². The zero-order chi connectivity index (χ0) is 37.0. The monoisotopic (exact) mass is 729 g/mol. The topological polar surface area (TPSA) is 141 Å². The van der Waals surface area contributed by atoms with Crippen LogP contribution in [0.2, 0.25) is 0 Å². The fourth-order valence-electron chi connectivity index (χ4n) is 9.57. The molecule has 2 heterocycles. The van der Waals surface area contributed by atoms with Crippen molar-refractivity contribution in [3.63, 3.8) is 0 Å². The van der Waals surface area contributed by atoms with E-state index in [-0.39, 0.29) is 60.3 Å². The van der Waals surface area contributed by atoms with Crippen LogP contribution in [0.1, 0.15) is 142 Å². The third-order valence-corrected chi connectivity index (χ3v) is 13.1. The smallest absolute Gasteiger partial charge is 0.312 e. The van der Waals surface area contributed by atoms with Gasteiger partial charge in [-0.05, 0) is 96.3 Å². The summed E-state index contributed by atoms with van der Waals surface area (Å²) in [4.78, 5) is 54.6. The van der Waals surface area contributed by atoms with Crippen molar-refractivity contribution in [2.75, 3.05) is 45.9 Å². The molecule has 12 heteroatoms. The zero-order valence-corrected chi connectivity index (χ0v) is 31.7. The maximum absolute atomic E-state index is 13.8. The number of unbranched alkanes of at least 4 members (excludes halogenated alkanes) is 5. The maximum Gasteiger partial charge on any atom is 0.312 e. The van der Waals surface area contributed by atoms with Crippen LogP contribution >= 0.6 is 0 Å². The average Bonchev–Trinajstić information content (AvgIpc) is 3.85. The van der Waals surface area contributed by atoms with Gasteiger partial charge in [-0.2, -0.15) is 5.26 Å². The number of amides is 2. The molecule has 6 rings (SSSR count). The van der Waals surface area contributed by atoms with E-state index in [1.165, 1.54) is 4.90 Å². The Morgan fingerprint density at radius 1 is 0.808 bits per heavy atom. The van der Waals surface area contributed by atoms with Crippen LogP contribution in [0.25, 0.3) is 0 Å². The van der Waals surface area contributed by atoms with Gasteiger partial charge in [0.1, 0.15) is 12.2 Å². The number of ether oxygens (including phenoxy) is 2. The van der Waals surface area contributed by atoms with Crippen LogP contribution in [0.5, 0.6) is 0 Å². The molecule has 2 bridgehead atoms. The normalized spacial score (nSPS) is 31.4.